The van der Waals surface area contributed by atoms with Gasteiger partial charge < -0.3 is 10.6 Å². The molecule has 0 radical (unpaired) electrons. The molecule has 4 heteroatoms. The van der Waals surface area contributed by atoms with E-state index in [9.17, 15) is 4.79 Å². The van der Waals surface area contributed by atoms with Crippen molar-refractivity contribution in [1.29, 1.82) is 5.26 Å². The highest BCUT2D eigenvalue weighted by Gasteiger charge is 2.29. The van der Waals surface area contributed by atoms with Crippen LogP contribution < -0.4 is 10.6 Å². The average molecular weight is 243 g/mol. The normalized spacial score (nSPS) is 23.4. The third-order valence-corrected chi connectivity index (χ3v) is 3.62. The molecule has 2 unspecified atom stereocenters. The van der Waals surface area contributed by atoms with Crippen molar-refractivity contribution in [2.45, 2.75) is 25.8 Å². The number of hydrogen-bond donors (Lipinski definition) is 1. The summed E-state index contributed by atoms with van der Waals surface area (Å²) in [5.41, 5.74) is 6.94. The van der Waals surface area contributed by atoms with E-state index in [4.69, 9.17) is 11.0 Å². The molecule has 0 spiro atoms. The number of hydrogen-bond acceptors (Lipinski definition) is 3. The van der Waals surface area contributed by atoms with Gasteiger partial charge in [-0.2, -0.15) is 5.26 Å². The second-order valence-corrected chi connectivity index (χ2v) is 4.81. The summed E-state index contributed by atoms with van der Waals surface area (Å²) in [4.78, 5) is 13.4. The number of carbonyl (C=O) groups is 1. The van der Waals surface area contributed by atoms with E-state index in [1.165, 1.54) is 0 Å². The van der Waals surface area contributed by atoms with Gasteiger partial charge in [0.25, 0.3) is 0 Å². The monoisotopic (exact) mass is 243 g/mol. The summed E-state index contributed by atoms with van der Waals surface area (Å²) in [6, 6.07) is 10.0. The fraction of sp³-hybridized carbons (Fsp3) is 0.429. The summed E-state index contributed by atoms with van der Waals surface area (Å²) in [7, 11) is 0. The van der Waals surface area contributed by atoms with Gasteiger partial charge in [0.05, 0.1) is 17.2 Å². The Labute approximate surface area is 107 Å². The number of piperidine rings is 1. The molecule has 0 aliphatic carbocycles. The Balaban J connectivity index is 2.30. The molecule has 2 rings (SSSR count). The summed E-state index contributed by atoms with van der Waals surface area (Å²) in [5, 5.41) is 9.14. The molecule has 1 aromatic carbocycles. The molecule has 1 amide bonds. The number of rotatable bonds is 2. The van der Waals surface area contributed by atoms with Gasteiger partial charge in [0.15, 0.2) is 0 Å². The summed E-state index contributed by atoms with van der Waals surface area (Å²) in [6.07, 6.45) is 1.76. The fourth-order valence-corrected chi connectivity index (χ4v) is 2.49. The van der Waals surface area contributed by atoms with E-state index in [1.807, 2.05) is 18.2 Å². The molecule has 1 aliphatic heterocycles. The predicted molar refractivity (Wildman–Crippen MR) is 69.9 cm³/mol. The average Bonchev–Trinajstić information content (AvgIpc) is 2.39. The Morgan fingerprint density at radius 1 is 1.44 bits per heavy atom. The van der Waals surface area contributed by atoms with Gasteiger partial charge in [-0.25, -0.2) is 0 Å². The number of anilines is 1. The number of benzene rings is 1. The van der Waals surface area contributed by atoms with E-state index in [0.29, 0.717) is 18.2 Å². The van der Waals surface area contributed by atoms with Crippen LogP contribution in [0, 0.1) is 17.2 Å². The minimum absolute atomic E-state index is 0.118. The van der Waals surface area contributed by atoms with E-state index in [2.05, 4.69) is 17.9 Å². The van der Waals surface area contributed by atoms with E-state index >= 15 is 0 Å². The van der Waals surface area contributed by atoms with E-state index in [0.717, 1.165) is 18.5 Å². The predicted octanol–water partition coefficient (Wildman–Crippen LogP) is 1.65. The quantitative estimate of drug-likeness (QED) is 0.858. The Kier molecular flexibility index (Phi) is 3.52. The van der Waals surface area contributed by atoms with Crippen molar-refractivity contribution in [2.24, 2.45) is 11.7 Å². The molecule has 1 aliphatic rings. The second kappa shape index (κ2) is 5.09. The van der Waals surface area contributed by atoms with Crippen LogP contribution in [0.25, 0.3) is 0 Å². The molecule has 0 bridgehead atoms. The molecular formula is C14H17N3O. The van der Waals surface area contributed by atoms with Crippen LogP contribution in [0.2, 0.25) is 0 Å². The standard InChI is InChI=1S/C14H17N3O/c1-10-6-7-12(14(16)18)9-17(10)13-5-3-2-4-11(13)8-15/h2-5,10,12H,6-7,9H2,1H3,(H2,16,18). The van der Waals surface area contributed by atoms with Crippen LogP contribution in [0.1, 0.15) is 25.3 Å². The SMILES string of the molecule is CC1CCC(C(N)=O)CN1c1ccccc1C#N. The van der Waals surface area contributed by atoms with Gasteiger partial charge in [-0.1, -0.05) is 12.1 Å². The number of nitrogens with two attached hydrogens (primary N) is 1. The molecular weight excluding hydrogens is 226 g/mol. The van der Waals surface area contributed by atoms with Crippen LogP contribution in [-0.2, 0) is 4.79 Å². The van der Waals surface area contributed by atoms with Crippen molar-refractivity contribution >= 4 is 11.6 Å². The van der Waals surface area contributed by atoms with Gasteiger partial charge in [-0.15, -0.1) is 0 Å². The lowest BCUT2D eigenvalue weighted by Crippen LogP contribution is -2.46. The first kappa shape index (κ1) is 12.4. The lowest BCUT2D eigenvalue weighted by molar-refractivity contribution is -0.122. The van der Waals surface area contributed by atoms with Gasteiger partial charge in [0, 0.05) is 12.6 Å². The zero-order valence-corrected chi connectivity index (χ0v) is 10.5. The van der Waals surface area contributed by atoms with Gasteiger partial charge in [0.2, 0.25) is 5.91 Å². The van der Waals surface area contributed by atoms with Crippen LogP contribution in [0.5, 0.6) is 0 Å². The molecule has 1 aromatic rings. The Hall–Kier alpha value is -2.02. The first-order chi connectivity index (χ1) is 8.63. The first-order valence-electron chi connectivity index (χ1n) is 6.18. The highest BCUT2D eigenvalue weighted by atomic mass is 16.1. The van der Waals surface area contributed by atoms with Gasteiger partial charge >= 0.3 is 0 Å². The van der Waals surface area contributed by atoms with Crippen LogP contribution in [0.4, 0.5) is 5.69 Å². The van der Waals surface area contributed by atoms with Gasteiger partial charge in [0.1, 0.15) is 6.07 Å². The lowest BCUT2D eigenvalue weighted by Gasteiger charge is -2.39. The molecule has 1 heterocycles. The lowest BCUT2D eigenvalue weighted by atomic mass is 9.92. The molecule has 4 nitrogen and oxygen atoms in total. The van der Waals surface area contributed by atoms with E-state index in [-0.39, 0.29) is 11.8 Å². The molecule has 18 heavy (non-hydrogen) atoms. The van der Waals surface area contributed by atoms with Crippen LogP contribution >= 0.6 is 0 Å². The maximum Gasteiger partial charge on any atom is 0.222 e. The van der Waals surface area contributed by atoms with Crippen LogP contribution in [-0.4, -0.2) is 18.5 Å². The Bertz CT molecular complexity index is 492. The summed E-state index contributed by atoms with van der Waals surface area (Å²) in [6.45, 7) is 2.72. The number of para-hydroxylation sites is 1. The third-order valence-electron chi connectivity index (χ3n) is 3.62. The molecule has 2 atom stereocenters. The van der Waals surface area contributed by atoms with E-state index < -0.39 is 0 Å². The van der Waals surface area contributed by atoms with Crippen molar-refractivity contribution < 1.29 is 4.79 Å². The molecule has 0 aromatic heterocycles. The second-order valence-electron chi connectivity index (χ2n) is 4.81. The molecule has 1 fully saturated rings. The number of nitrogens with zero attached hydrogens (tertiary/aromatic N) is 2. The fourth-order valence-electron chi connectivity index (χ4n) is 2.49. The van der Waals surface area contributed by atoms with Crippen molar-refractivity contribution in [3.63, 3.8) is 0 Å². The molecule has 0 saturated carbocycles. The highest BCUT2D eigenvalue weighted by Crippen LogP contribution is 2.29. The van der Waals surface area contributed by atoms with Crippen molar-refractivity contribution in [2.75, 3.05) is 11.4 Å². The van der Waals surface area contributed by atoms with Crippen molar-refractivity contribution in [1.82, 2.24) is 0 Å². The third kappa shape index (κ3) is 2.30. The Morgan fingerprint density at radius 2 is 2.17 bits per heavy atom. The maximum absolute atomic E-state index is 11.3. The topological polar surface area (TPSA) is 70.1 Å². The van der Waals surface area contributed by atoms with E-state index in [1.54, 1.807) is 6.07 Å². The van der Waals surface area contributed by atoms with Crippen molar-refractivity contribution in [3.05, 3.63) is 29.8 Å². The molecule has 94 valence electrons. The zero-order valence-electron chi connectivity index (χ0n) is 10.5. The number of primary amides is 1. The zero-order chi connectivity index (χ0) is 13.1. The summed E-state index contributed by atoms with van der Waals surface area (Å²) < 4.78 is 0. The van der Waals surface area contributed by atoms with Crippen LogP contribution in [0.3, 0.4) is 0 Å². The Morgan fingerprint density at radius 3 is 2.83 bits per heavy atom. The van der Waals surface area contributed by atoms with Gasteiger partial charge in [-0.3, -0.25) is 4.79 Å². The molecule has 2 N–H and O–H groups in total. The minimum atomic E-state index is -0.249. The highest BCUT2D eigenvalue weighted by molar-refractivity contribution is 5.78. The largest absolute Gasteiger partial charge is 0.369 e. The molecule has 1 saturated heterocycles. The number of carbonyl (C=O) groups excluding carboxylic acids is 1. The first-order valence-corrected chi connectivity index (χ1v) is 6.18. The summed E-state index contributed by atoms with van der Waals surface area (Å²) in [5.74, 6) is -0.366. The number of nitriles is 1. The van der Waals surface area contributed by atoms with Crippen molar-refractivity contribution in [3.8, 4) is 6.07 Å². The smallest absolute Gasteiger partial charge is 0.222 e. The summed E-state index contributed by atoms with van der Waals surface area (Å²) >= 11 is 0. The number of amides is 1. The minimum Gasteiger partial charge on any atom is -0.369 e. The maximum atomic E-state index is 11.3. The van der Waals surface area contributed by atoms with Gasteiger partial charge in [-0.05, 0) is 31.9 Å². The van der Waals surface area contributed by atoms with Crippen LogP contribution in [0.15, 0.2) is 24.3 Å².